The van der Waals surface area contributed by atoms with Crippen LogP contribution in [0.3, 0.4) is 0 Å². The monoisotopic (exact) mass is 309 g/mol. The van der Waals surface area contributed by atoms with E-state index in [1.807, 2.05) is 6.26 Å². The number of H-pyrrole nitrogens is 1. The van der Waals surface area contributed by atoms with Gasteiger partial charge in [0.1, 0.15) is 6.04 Å². The van der Waals surface area contributed by atoms with Gasteiger partial charge in [0.2, 0.25) is 5.89 Å². The number of aromatic amines is 1. The van der Waals surface area contributed by atoms with Crippen LogP contribution in [-0.2, 0) is 30.1 Å². The number of carbonyl (C=O) groups is 1. The standard InChI is InChI=1S/C12H15N5O3S/c1-21-5-10-15-11(20-16-10)4-17-3-8-7(13-6-14-8)2-9(17)12(18)19/h6,9H,2-5H2,1H3,(H,13,14)(H,18,19). The number of nitrogens with one attached hydrogen (secondary N) is 1. The van der Waals surface area contributed by atoms with Crippen LogP contribution >= 0.6 is 11.8 Å². The third kappa shape index (κ3) is 2.93. The molecule has 112 valence electrons. The van der Waals surface area contributed by atoms with E-state index in [4.69, 9.17) is 4.52 Å². The van der Waals surface area contributed by atoms with Crippen molar-refractivity contribution < 1.29 is 14.4 Å². The van der Waals surface area contributed by atoms with Crippen molar-refractivity contribution in [1.82, 2.24) is 25.0 Å². The van der Waals surface area contributed by atoms with Crippen molar-refractivity contribution in [3.8, 4) is 0 Å². The maximum Gasteiger partial charge on any atom is 0.321 e. The number of nitrogens with zero attached hydrogens (tertiary/aromatic N) is 4. The minimum Gasteiger partial charge on any atom is -0.480 e. The fourth-order valence-electron chi connectivity index (χ4n) is 2.41. The van der Waals surface area contributed by atoms with Crippen LogP contribution in [0.1, 0.15) is 23.1 Å². The Morgan fingerprint density at radius 3 is 3.29 bits per heavy atom. The number of aromatic nitrogens is 4. The highest BCUT2D eigenvalue weighted by Crippen LogP contribution is 2.22. The molecule has 8 nitrogen and oxygen atoms in total. The minimum atomic E-state index is -0.868. The Balaban J connectivity index is 1.77. The molecule has 0 amide bonds. The maximum absolute atomic E-state index is 11.4. The molecule has 0 radical (unpaired) electrons. The van der Waals surface area contributed by atoms with Crippen molar-refractivity contribution in [2.45, 2.75) is 31.3 Å². The van der Waals surface area contributed by atoms with Crippen molar-refractivity contribution >= 4 is 17.7 Å². The number of carboxylic acid groups (broad SMARTS) is 1. The summed E-state index contributed by atoms with van der Waals surface area (Å²) >= 11 is 1.61. The van der Waals surface area contributed by atoms with Crippen molar-refractivity contribution in [2.75, 3.05) is 6.26 Å². The first-order valence-electron chi connectivity index (χ1n) is 6.45. The molecule has 1 unspecified atom stereocenters. The lowest BCUT2D eigenvalue weighted by molar-refractivity contribution is -0.144. The topological polar surface area (TPSA) is 108 Å². The molecule has 1 aliphatic heterocycles. The summed E-state index contributed by atoms with van der Waals surface area (Å²) in [6.07, 6.45) is 3.93. The highest BCUT2D eigenvalue weighted by atomic mass is 32.2. The van der Waals surface area contributed by atoms with Crippen LogP contribution in [0.4, 0.5) is 0 Å². The quantitative estimate of drug-likeness (QED) is 0.829. The SMILES string of the molecule is CSCc1noc(CN2Cc3[nH]cnc3CC2C(=O)O)n1. The van der Waals surface area contributed by atoms with Crippen LogP contribution in [0.25, 0.3) is 0 Å². The smallest absolute Gasteiger partial charge is 0.321 e. The molecule has 21 heavy (non-hydrogen) atoms. The first-order valence-corrected chi connectivity index (χ1v) is 7.85. The fraction of sp³-hybridized carbons (Fsp3) is 0.500. The van der Waals surface area contributed by atoms with Gasteiger partial charge in [-0.1, -0.05) is 5.16 Å². The molecule has 9 heteroatoms. The number of carboxylic acids is 1. The molecule has 0 saturated heterocycles. The second-order valence-electron chi connectivity index (χ2n) is 4.83. The molecule has 0 saturated carbocycles. The Labute approximate surface area is 124 Å². The van der Waals surface area contributed by atoms with Gasteiger partial charge in [0.25, 0.3) is 0 Å². The highest BCUT2D eigenvalue weighted by Gasteiger charge is 2.33. The van der Waals surface area contributed by atoms with Gasteiger partial charge in [0, 0.05) is 13.0 Å². The predicted octanol–water partition coefficient (Wildman–Crippen LogP) is 0.667. The largest absolute Gasteiger partial charge is 0.480 e. The molecule has 0 aliphatic carbocycles. The van der Waals surface area contributed by atoms with Gasteiger partial charge in [-0.2, -0.15) is 16.7 Å². The maximum atomic E-state index is 11.4. The van der Waals surface area contributed by atoms with Gasteiger partial charge < -0.3 is 14.6 Å². The number of thioether (sulfide) groups is 1. The van der Waals surface area contributed by atoms with Crippen molar-refractivity contribution in [2.24, 2.45) is 0 Å². The van der Waals surface area contributed by atoms with Gasteiger partial charge in [-0.15, -0.1) is 0 Å². The van der Waals surface area contributed by atoms with Gasteiger partial charge in [0.15, 0.2) is 5.82 Å². The summed E-state index contributed by atoms with van der Waals surface area (Å²) in [5, 5.41) is 13.3. The summed E-state index contributed by atoms with van der Waals surface area (Å²) in [7, 11) is 0. The highest BCUT2D eigenvalue weighted by molar-refractivity contribution is 7.97. The molecule has 3 rings (SSSR count). The van der Waals surface area contributed by atoms with E-state index in [0.717, 1.165) is 11.4 Å². The molecule has 1 atom stereocenters. The zero-order valence-electron chi connectivity index (χ0n) is 11.4. The Hall–Kier alpha value is -1.87. The van der Waals surface area contributed by atoms with Crippen LogP contribution < -0.4 is 0 Å². The summed E-state index contributed by atoms with van der Waals surface area (Å²) in [5.41, 5.74) is 1.75. The molecule has 1 aliphatic rings. The number of fused-ring (bicyclic) bond motifs is 1. The normalized spacial score (nSPS) is 18.6. The van der Waals surface area contributed by atoms with E-state index in [2.05, 4.69) is 20.1 Å². The Morgan fingerprint density at radius 2 is 2.52 bits per heavy atom. The minimum absolute atomic E-state index is 0.316. The summed E-state index contributed by atoms with van der Waals surface area (Å²) in [5.74, 6) is 0.876. The van der Waals surface area contributed by atoms with Gasteiger partial charge in [0.05, 0.1) is 30.0 Å². The number of hydrogen-bond donors (Lipinski definition) is 2. The predicted molar refractivity (Wildman–Crippen MR) is 74.5 cm³/mol. The third-order valence-electron chi connectivity index (χ3n) is 3.40. The summed E-state index contributed by atoms with van der Waals surface area (Å²) in [6.45, 7) is 0.795. The summed E-state index contributed by atoms with van der Waals surface area (Å²) in [6, 6.07) is -0.628. The fourth-order valence-corrected chi connectivity index (χ4v) is 2.79. The molecule has 0 aromatic carbocycles. The van der Waals surface area contributed by atoms with Crippen molar-refractivity contribution in [3.63, 3.8) is 0 Å². The van der Waals surface area contributed by atoms with E-state index >= 15 is 0 Å². The molecular weight excluding hydrogens is 294 g/mol. The molecular formula is C12H15N5O3S. The molecule has 2 aromatic rings. The Morgan fingerprint density at radius 1 is 1.67 bits per heavy atom. The molecule has 3 heterocycles. The second-order valence-corrected chi connectivity index (χ2v) is 5.69. The van der Waals surface area contributed by atoms with Gasteiger partial charge in [-0.25, -0.2) is 4.98 Å². The molecule has 0 fully saturated rings. The first kappa shape index (κ1) is 14.1. The van der Waals surface area contributed by atoms with Crippen molar-refractivity contribution in [3.05, 3.63) is 29.4 Å². The number of rotatable bonds is 5. The van der Waals surface area contributed by atoms with Crippen molar-refractivity contribution in [1.29, 1.82) is 0 Å². The van der Waals surface area contributed by atoms with Crippen LogP contribution in [0.5, 0.6) is 0 Å². The number of aliphatic carboxylic acids is 1. The molecule has 2 N–H and O–H groups in total. The second kappa shape index (κ2) is 5.86. The number of hydrogen-bond acceptors (Lipinski definition) is 7. The number of imidazole rings is 1. The van der Waals surface area contributed by atoms with Gasteiger partial charge in [-0.3, -0.25) is 9.69 Å². The zero-order chi connectivity index (χ0) is 14.8. The lowest BCUT2D eigenvalue weighted by Gasteiger charge is -2.30. The Kier molecular flexibility index (Phi) is 3.93. The molecule has 2 aromatic heterocycles. The average Bonchev–Trinajstić information content (AvgIpc) is 3.07. The Bertz CT molecular complexity index is 640. The zero-order valence-corrected chi connectivity index (χ0v) is 12.3. The lowest BCUT2D eigenvalue weighted by Crippen LogP contribution is -2.45. The van der Waals surface area contributed by atoms with E-state index in [1.54, 1.807) is 23.0 Å². The summed E-state index contributed by atoms with van der Waals surface area (Å²) < 4.78 is 5.18. The van der Waals surface area contributed by atoms with E-state index in [-0.39, 0.29) is 0 Å². The van der Waals surface area contributed by atoms with E-state index in [0.29, 0.717) is 37.0 Å². The van der Waals surface area contributed by atoms with Crippen LogP contribution in [-0.4, -0.2) is 48.4 Å². The van der Waals surface area contributed by atoms with Crippen LogP contribution in [0.15, 0.2) is 10.9 Å². The lowest BCUT2D eigenvalue weighted by atomic mass is 10.0. The van der Waals surface area contributed by atoms with Crippen LogP contribution in [0, 0.1) is 0 Å². The van der Waals surface area contributed by atoms with Crippen LogP contribution in [0.2, 0.25) is 0 Å². The molecule has 0 bridgehead atoms. The average molecular weight is 309 g/mol. The van der Waals surface area contributed by atoms with Gasteiger partial charge >= 0.3 is 5.97 Å². The summed E-state index contributed by atoms with van der Waals surface area (Å²) in [4.78, 5) is 24.7. The first-order chi connectivity index (χ1) is 10.2. The molecule has 0 spiro atoms. The van der Waals surface area contributed by atoms with E-state index in [9.17, 15) is 9.90 Å². The van der Waals surface area contributed by atoms with E-state index in [1.165, 1.54) is 0 Å². The third-order valence-corrected chi connectivity index (χ3v) is 3.95. The van der Waals surface area contributed by atoms with Gasteiger partial charge in [-0.05, 0) is 6.26 Å². The van der Waals surface area contributed by atoms with E-state index < -0.39 is 12.0 Å².